The van der Waals surface area contributed by atoms with Crippen molar-refractivity contribution in [1.82, 2.24) is 14.8 Å². The van der Waals surface area contributed by atoms with E-state index in [4.69, 9.17) is 0 Å². The van der Waals surface area contributed by atoms with E-state index < -0.39 is 15.4 Å². The van der Waals surface area contributed by atoms with Gasteiger partial charge in [-0.05, 0) is 19.3 Å². The van der Waals surface area contributed by atoms with Gasteiger partial charge in [0.15, 0.2) is 0 Å². The van der Waals surface area contributed by atoms with E-state index in [0.29, 0.717) is 12.4 Å². The van der Waals surface area contributed by atoms with Crippen molar-refractivity contribution >= 4 is 10.2 Å². The van der Waals surface area contributed by atoms with E-state index in [1.807, 2.05) is 6.92 Å². The van der Waals surface area contributed by atoms with Crippen molar-refractivity contribution in [1.29, 1.82) is 0 Å². The predicted molar refractivity (Wildman–Crippen MR) is 55.2 cm³/mol. The lowest BCUT2D eigenvalue weighted by Gasteiger charge is -2.24. The summed E-state index contributed by atoms with van der Waals surface area (Å²) >= 11 is 0. The van der Waals surface area contributed by atoms with Gasteiger partial charge in [0.2, 0.25) is 0 Å². The molecule has 0 aliphatic heterocycles. The summed E-state index contributed by atoms with van der Waals surface area (Å²) in [4.78, 5) is 0. The van der Waals surface area contributed by atoms with Gasteiger partial charge in [-0.25, -0.2) is 0 Å². The number of halogens is 1. The second-order valence-corrected chi connectivity index (χ2v) is 5.30. The van der Waals surface area contributed by atoms with Crippen LogP contribution in [-0.4, -0.2) is 23.2 Å². The Morgan fingerprint density at radius 3 is 2.56 bits per heavy atom. The molecule has 0 atom stereocenters. The molecule has 0 spiro atoms. The van der Waals surface area contributed by atoms with Crippen molar-refractivity contribution in [3.05, 3.63) is 5.82 Å². The Kier molecular flexibility index (Phi) is 2.96. The Balaban J connectivity index is 2.42. The lowest BCUT2D eigenvalue weighted by molar-refractivity contribution is 0.380. The average molecular weight is 247 g/mol. The van der Waals surface area contributed by atoms with Crippen LogP contribution < -0.4 is 0 Å². The zero-order chi connectivity index (χ0) is 11.8. The van der Waals surface area contributed by atoms with Crippen LogP contribution in [0.4, 0.5) is 3.89 Å². The summed E-state index contributed by atoms with van der Waals surface area (Å²) in [5.74, 6) is 0.860. The Bertz CT molecular complexity index is 479. The van der Waals surface area contributed by atoms with Crippen LogP contribution in [-0.2, 0) is 16.8 Å². The third-order valence-corrected chi connectivity index (χ3v) is 3.62. The van der Waals surface area contributed by atoms with Crippen molar-refractivity contribution in [3.8, 4) is 0 Å². The molecule has 1 saturated carbocycles. The van der Waals surface area contributed by atoms with Crippen molar-refractivity contribution < 1.29 is 12.3 Å². The standard InChI is InChI=1S/C9H14FN3O2S/c1-2-6-13-8(7-4-3-5-7)11-12-9(13)16(10,14)15/h7H,2-6H2,1H3. The molecule has 0 saturated heterocycles. The summed E-state index contributed by atoms with van der Waals surface area (Å²) in [5.41, 5.74) is 0. The van der Waals surface area contributed by atoms with Gasteiger partial charge < -0.3 is 0 Å². The van der Waals surface area contributed by atoms with Crippen LogP contribution >= 0.6 is 0 Å². The maximum Gasteiger partial charge on any atom is 0.368 e. The van der Waals surface area contributed by atoms with Crippen molar-refractivity contribution in [2.24, 2.45) is 0 Å². The average Bonchev–Trinajstić information content (AvgIpc) is 2.46. The van der Waals surface area contributed by atoms with Crippen LogP contribution in [0.3, 0.4) is 0 Å². The second-order valence-electron chi connectivity index (χ2n) is 4.06. The molecule has 1 aromatic rings. The predicted octanol–water partition coefficient (Wildman–Crippen LogP) is 1.61. The lowest BCUT2D eigenvalue weighted by Crippen LogP contribution is -2.17. The number of aromatic nitrogens is 3. The van der Waals surface area contributed by atoms with Crippen LogP contribution in [0.25, 0.3) is 0 Å². The number of hydrogen-bond acceptors (Lipinski definition) is 4. The Hall–Kier alpha value is -0.980. The highest BCUT2D eigenvalue weighted by Gasteiger charge is 2.30. The summed E-state index contributed by atoms with van der Waals surface area (Å²) in [6.07, 6.45) is 3.80. The van der Waals surface area contributed by atoms with E-state index >= 15 is 0 Å². The van der Waals surface area contributed by atoms with Crippen LogP contribution in [0.1, 0.15) is 44.3 Å². The molecule has 1 heterocycles. The van der Waals surface area contributed by atoms with E-state index in [-0.39, 0.29) is 5.92 Å². The zero-order valence-corrected chi connectivity index (χ0v) is 9.87. The molecule has 5 nitrogen and oxygen atoms in total. The minimum Gasteiger partial charge on any atom is -0.299 e. The molecule has 16 heavy (non-hydrogen) atoms. The number of nitrogens with zero attached hydrogens (tertiary/aromatic N) is 3. The molecule has 0 N–H and O–H groups in total. The fourth-order valence-electron chi connectivity index (χ4n) is 1.88. The fourth-order valence-corrected chi connectivity index (χ4v) is 2.47. The molecule has 0 radical (unpaired) electrons. The molecular weight excluding hydrogens is 233 g/mol. The third kappa shape index (κ3) is 1.95. The molecule has 1 fully saturated rings. The minimum absolute atomic E-state index is 0.245. The maximum atomic E-state index is 13.0. The highest BCUT2D eigenvalue weighted by atomic mass is 32.3. The summed E-state index contributed by atoms with van der Waals surface area (Å²) in [6, 6.07) is 0. The molecule has 90 valence electrons. The maximum absolute atomic E-state index is 13.0. The molecule has 1 aromatic heterocycles. The van der Waals surface area contributed by atoms with Crippen LogP contribution in [0.5, 0.6) is 0 Å². The Labute approximate surface area is 93.9 Å². The van der Waals surface area contributed by atoms with Crippen LogP contribution in [0.2, 0.25) is 0 Å². The molecule has 1 aliphatic carbocycles. The van der Waals surface area contributed by atoms with Gasteiger partial charge in [0, 0.05) is 12.5 Å². The first-order valence-electron chi connectivity index (χ1n) is 5.41. The normalized spacial score (nSPS) is 17.4. The van der Waals surface area contributed by atoms with Crippen molar-refractivity contribution in [2.45, 2.75) is 50.2 Å². The van der Waals surface area contributed by atoms with Crippen LogP contribution in [0, 0.1) is 0 Å². The summed E-state index contributed by atoms with van der Waals surface area (Å²) < 4.78 is 36.1. The molecule has 2 rings (SSSR count). The number of hydrogen-bond donors (Lipinski definition) is 0. The molecule has 0 amide bonds. The molecule has 7 heteroatoms. The molecule has 1 aliphatic rings. The first-order chi connectivity index (χ1) is 7.54. The van der Waals surface area contributed by atoms with E-state index in [2.05, 4.69) is 10.2 Å². The lowest BCUT2D eigenvalue weighted by atomic mass is 9.85. The smallest absolute Gasteiger partial charge is 0.299 e. The molecule has 0 unspecified atom stereocenters. The van der Waals surface area contributed by atoms with Crippen molar-refractivity contribution in [2.75, 3.05) is 0 Å². The zero-order valence-electron chi connectivity index (χ0n) is 9.06. The van der Waals surface area contributed by atoms with Gasteiger partial charge >= 0.3 is 10.2 Å². The summed E-state index contributed by atoms with van der Waals surface area (Å²) in [7, 11) is -4.76. The molecule has 0 bridgehead atoms. The molecule has 0 aromatic carbocycles. The highest BCUT2D eigenvalue weighted by molar-refractivity contribution is 7.86. The Morgan fingerprint density at radius 1 is 1.44 bits per heavy atom. The van der Waals surface area contributed by atoms with Gasteiger partial charge in [-0.2, -0.15) is 8.42 Å². The summed E-state index contributed by atoms with van der Waals surface area (Å²) in [6.45, 7) is 2.34. The van der Waals surface area contributed by atoms with Gasteiger partial charge in [-0.1, -0.05) is 17.2 Å². The Morgan fingerprint density at radius 2 is 2.12 bits per heavy atom. The van der Waals surface area contributed by atoms with E-state index in [1.165, 1.54) is 4.57 Å². The monoisotopic (exact) mass is 247 g/mol. The van der Waals surface area contributed by atoms with Gasteiger partial charge in [-0.3, -0.25) is 4.57 Å². The first kappa shape index (κ1) is 11.5. The second kappa shape index (κ2) is 4.12. The third-order valence-electron chi connectivity index (χ3n) is 2.88. The minimum atomic E-state index is -4.76. The van der Waals surface area contributed by atoms with Crippen LogP contribution in [0.15, 0.2) is 5.16 Å². The quantitative estimate of drug-likeness (QED) is 0.758. The van der Waals surface area contributed by atoms with E-state index in [1.54, 1.807) is 0 Å². The number of rotatable bonds is 4. The van der Waals surface area contributed by atoms with Gasteiger partial charge in [0.25, 0.3) is 5.16 Å². The first-order valence-corrected chi connectivity index (χ1v) is 6.80. The fraction of sp³-hybridized carbons (Fsp3) is 0.778. The summed E-state index contributed by atoms with van der Waals surface area (Å²) in [5, 5.41) is 6.73. The highest BCUT2D eigenvalue weighted by Crippen LogP contribution is 2.36. The van der Waals surface area contributed by atoms with E-state index in [0.717, 1.165) is 25.7 Å². The van der Waals surface area contributed by atoms with Gasteiger partial charge in [-0.15, -0.1) is 10.2 Å². The van der Waals surface area contributed by atoms with Gasteiger partial charge in [0.05, 0.1) is 0 Å². The van der Waals surface area contributed by atoms with Gasteiger partial charge in [0.1, 0.15) is 5.82 Å². The SMILES string of the molecule is CCCn1c(C2CCC2)nnc1S(=O)(=O)F. The topological polar surface area (TPSA) is 64.8 Å². The van der Waals surface area contributed by atoms with E-state index in [9.17, 15) is 12.3 Å². The molecular formula is C9H14FN3O2S. The van der Waals surface area contributed by atoms with Crippen molar-refractivity contribution in [3.63, 3.8) is 0 Å². The largest absolute Gasteiger partial charge is 0.368 e.